The lowest BCUT2D eigenvalue weighted by Gasteiger charge is -2.13. The van der Waals surface area contributed by atoms with Gasteiger partial charge in [0.25, 0.3) is 5.91 Å². The summed E-state index contributed by atoms with van der Waals surface area (Å²) in [4.78, 5) is 24.5. The van der Waals surface area contributed by atoms with E-state index in [2.05, 4.69) is 10.2 Å². The molecular weight excluding hydrogens is 234 g/mol. The molecule has 1 fully saturated rings. The van der Waals surface area contributed by atoms with Gasteiger partial charge in [0.1, 0.15) is 5.69 Å². The Morgan fingerprint density at radius 2 is 2.28 bits per heavy atom. The van der Waals surface area contributed by atoms with E-state index < -0.39 is 11.9 Å². The second-order valence-electron chi connectivity index (χ2n) is 4.94. The van der Waals surface area contributed by atoms with Crippen LogP contribution in [0.2, 0.25) is 0 Å². The third-order valence-corrected chi connectivity index (χ3v) is 3.26. The zero-order chi connectivity index (χ0) is 13.3. The van der Waals surface area contributed by atoms with Crippen LogP contribution in [-0.2, 0) is 4.79 Å². The maximum atomic E-state index is 12.1. The molecule has 6 heteroatoms. The van der Waals surface area contributed by atoms with E-state index in [0.717, 1.165) is 5.69 Å². The number of aromatic nitrogens is 2. The van der Waals surface area contributed by atoms with Gasteiger partial charge < -0.3 is 10.0 Å². The predicted octanol–water partition coefficient (Wildman–Crippen LogP) is 1.08. The van der Waals surface area contributed by atoms with E-state index in [9.17, 15) is 9.59 Å². The van der Waals surface area contributed by atoms with Crippen LogP contribution in [0.1, 0.15) is 42.4 Å². The molecule has 2 N–H and O–H groups in total. The van der Waals surface area contributed by atoms with Crippen molar-refractivity contribution in [2.24, 2.45) is 5.92 Å². The van der Waals surface area contributed by atoms with Crippen molar-refractivity contribution in [3.63, 3.8) is 0 Å². The fourth-order valence-corrected chi connectivity index (χ4v) is 2.05. The monoisotopic (exact) mass is 251 g/mol. The summed E-state index contributed by atoms with van der Waals surface area (Å²) < 4.78 is 0. The van der Waals surface area contributed by atoms with Gasteiger partial charge in [0.15, 0.2) is 0 Å². The molecule has 0 bridgehead atoms. The average Bonchev–Trinajstić information content (AvgIpc) is 2.97. The largest absolute Gasteiger partial charge is 0.481 e. The number of hydrogen-bond acceptors (Lipinski definition) is 3. The van der Waals surface area contributed by atoms with Crippen molar-refractivity contribution < 1.29 is 14.7 Å². The Hall–Kier alpha value is -1.85. The molecule has 6 nitrogen and oxygen atoms in total. The smallest absolute Gasteiger partial charge is 0.308 e. The molecule has 98 valence electrons. The highest BCUT2D eigenvalue weighted by atomic mass is 16.4. The lowest BCUT2D eigenvalue weighted by molar-refractivity contribution is -0.141. The van der Waals surface area contributed by atoms with Gasteiger partial charge in [-0.05, 0) is 18.4 Å². The van der Waals surface area contributed by atoms with E-state index in [1.807, 2.05) is 13.8 Å². The van der Waals surface area contributed by atoms with Gasteiger partial charge in [0.05, 0.1) is 5.92 Å². The number of carboxylic acids is 1. The number of aliphatic carboxylic acids is 1. The van der Waals surface area contributed by atoms with Crippen molar-refractivity contribution in [1.29, 1.82) is 0 Å². The molecule has 1 aliphatic heterocycles. The molecule has 0 spiro atoms. The van der Waals surface area contributed by atoms with Crippen molar-refractivity contribution in [1.82, 2.24) is 15.1 Å². The fraction of sp³-hybridized carbons (Fsp3) is 0.583. The Balaban J connectivity index is 2.05. The molecule has 1 aromatic rings. The van der Waals surface area contributed by atoms with Gasteiger partial charge >= 0.3 is 5.97 Å². The summed E-state index contributed by atoms with van der Waals surface area (Å²) in [6, 6.07) is 1.74. The summed E-state index contributed by atoms with van der Waals surface area (Å²) in [5.41, 5.74) is 1.28. The Morgan fingerprint density at radius 3 is 2.78 bits per heavy atom. The van der Waals surface area contributed by atoms with Gasteiger partial charge in [-0.2, -0.15) is 5.10 Å². The third-order valence-electron chi connectivity index (χ3n) is 3.26. The predicted molar refractivity (Wildman–Crippen MR) is 64.3 cm³/mol. The Labute approximate surface area is 105 Å². The number of carbonyl (C=O) groups excluding carboxylic acids is 1. The highest BCUT2D eigenvalue weighted by Crippen LogP contribution is 2.19. The number of carboxylic acid groups (broad SMARTS) is 1. The molecule has 0 aromatic carbocycles. The molecule has 2 heterocycles. The minimum absolute atomic E-state index is 0.193. The fourth-order valence-electron chi connectivity index (χ4n) is 2.05. The molecule has 0 unspecified atom stereocenters. The maximum Gasteiger partial charge on any atom is 0.308 e. The average molecular weight is 251 g/mol. The molecule has 1 aromatic heterocycles. The first-order valence-corrected chi connectivity index (χ1v) is 6.06. The first kappa shape index (κ1) is 12.6. The van der Waals surface area contributed by atoms with E-state index >= 15 is 0 Å². The number of amides is 1. The van der Waals surface area contributed by atoms with Crippen LogP contribution in [0, 0.1) is 5.92 Å². The van der Waals surface area contributed by atoms with Gasteiger partial charge in [-0.3, -0.25) is 14.7 Å². The Kier molecular flexibility index (Phi) is 3.36. The number of nitrogens with zero attached hydrogens (tertiary/aromatic N) is 2. The quantitative estimate of drug-likeness (QED) is 0.841. The standard InChI is InChI=1S/C12H17N3O3/c1-7(2)9-5-10(14-13-9)11(16)15-4-3-8(6-15)12(17)18/h5,7-8H,3-4,6H2,1-2H3,(H,13,14)(H,17,18)/t8-/m0/s1. The van der Waals surface area contributed by atoms with Crippen molar-refractivity contribution in [3.05, 3.63) is 17.5 Å². The molecule has 1 atom stereocenters. The second-order valence-corrected chi connectivity index (χ2v) is 4.94. The first-order valence-electron chi connectivity index (χ1n) is 6.06. The van der Waals surface area contributed by atoms with Crippen LogP contribution in [0.25, 0.3) is 0 Å². The van der Waals surface area contributed by atoms with Crippen molar-refractivity contribution in [2.75, 3.05) is 13.1 Å². The molecule has 0 radical (unpaired) electrons. The first-order chi connectivity index (χ1) is 8.49. The summed E-state index contributed by atoms with van der Waals surface area (Å²) in [6.45, 7) is 4.79. The number of H-pyrrole nitrogens is 1. The van der Waals surface area contributed by atoms with Gasteiger partial charge in [-0.1, -0.05) is 13.8 Å². The SMILES string of the molecule is CC(C)c1cc(C(=O)N2CC[C@H](C(=O)O)C2)n[nH]1. The minimum Gasteiger partial charge on any atom is -0.481 e. The van der Waals surface area contributed by atoms with Gasteiger partial charge in [-0.25, -0.2) is 0 Å². The van der Waals surface area contributed by atoms with Crippen LogP contribution in [0.3, 0.4) is 0 Å². The van der Waals surface area contributed by atoms with Crippen molar-refractivity contribution in [2.45, 2.75) is 26.2 Å². The van der Waals surface area contributed by atoms with Gasteiger partial charge in [-0.15, -0.1) is 0 Å². The lowest BCUT2D eigenvalue weighted by atomic mass is 10.1. The summed E-state index contributed by atoms with van der Waals surface area (Å²) in [7, 11) is 0. The van der Waals surface area contributed by atoms with E-state index in [-0.39, 0.29) is 18.4 Å². The van der Waals surface area contributed by atoms with E-state index in [4.69, 9.17) is 5.11 Å². The number of carbonyl (C=O) groups is 2. The zero-order valence-electron chi connectivity index (χ0n) is 10.5. The van der Waals surface area contributed by atoms with Gasteiger partial charge in [0, 0.05) is 18.8 Å². The topological polar surface area (TPSA) is 86.3 Å². The minimum atomic E-state index is -0.838. The highest BCUT2D eigenvalue weighted by molar-refractivity contribution is 5.93. The van der Waals surface area contributed by atoms with Crippen LogP contribution in [-0.4, -0.2) is 45.2 Å². The molecule has 0 saturated carbocycles. The summed E-state index contributed by atoms with van der Waals surface area (Å²) in [5.74, 6) is -1.20. The van der Waals surface area contributed by atoms with E-state index in [1.54, 1.807) is 11.0 Å². The van der Waals surface area contributed by atoms with Crippen LogP contribution < -0.4 is 0 Å². The van der Waals surface area contributed by atoms with Crippen LogP contribution >= 0.6 is 0 Å². The van der Waals surface area contributed by atoms with Crippen molar-refractivity contribution in [3.8, 4) is 0 Å². The van der Waals surface area contributed by atoms with Crippen molar-refractivity contribution >= 4 is 11.9 Å². The van der Waals surface area contributed by atoms with E-state index in [1.165, 1.54) is 0 Å². The lowest BCUT2D eigenvalue weighted by Crippen LogP contribution is -2.30. The second kappa shape index (κ2) is 4.80. The number of hydrogen-bond donors (Lipinski definition) is 2. The molecule has 18 heavy (non-hydrogen) atoms. The number of aromatic amines is 1. The summed E-state index contributed by atoms with van der Waals surface area (Å²) in [5, 5.41) is 15.7. The molecule has 0 aliphatic carbocycles. The van der Waals surface area contributed by atoms with Crippen LogP contribution in [0.15, 0.2) is 6.07 Å². The summed E-state index contributed by atoms with van der Waals surface area (Å²) >= 11 is 0. The Morgan fingerprint density at radius 1 is 1.56 bits per heavy atom. The Bertz CT molecular complexity index is 467. The van der Waals surface area contributed by atoms with E-state index in [0.29, 0.717) is 18.7 Å². The highest BCUT2D eigenvalue weighted by Gasteiger charge is 2.32. The number of nitrogens with one attached hydrogen (secondary N) is 1. The summed E-state index contributed by atoms with van der Waals surface area (Å²) in [6.07, 6.45) is 0.516. The van der Waals surface area contributed by atoms with Crippen LogP contribution in [0.4, 0.5) is 0 Å². The van der Waals surface area contributed by atoms with Gasteiger partial charge in [0.2, 0.25) is 0 Å². The van der Waals surface area contributed by atoms with Crippen LogP contribution in [0.5, 0.6) is 0 Å². The zero-order valence-corrected chi connectivity index (χ0v) is 10.5. The normalized spacial score (nSPS) is 19.5. The molecule has 1 saturated heterocycles. The molecule has 1 aliphatic rings. The number of likely N-dealkylation sites (tertiary alicyclic amines) is 1. The molecule has 2 rings (SSSR count). The maximum absolute atomic E-state index is 12.1. The molecule has 1 amide bonds. The molecular formula is C12H17N3O3. The number of rotatable bonds is 3. The third kappa shape index (κ3) is 2.37.